The molecule has 0 aliphatic carbocycles. The van der Waals surface area contributed by atoms with E-state index >= 15 is 0 Å². The Labute approximate surface area is 97.0 Å². The van der Waals surface area contributed by atoms with E-state index in [0.717, 1.165) is 17.9 Å². The maximum atomic E-state index is 9.06. The van der Waals surface area contributed by atoms with Gasteiger partial charge >= 0.3 is 0 Å². The predicted molar refractivity (Wildman–Crippen MR) is 64.4 cm³/mol. The lowest BCUT2D eigenvalue weighted by atomic mass is 10.1. The van der Waals surface area contributed by atoms with Gasteiger partial charge in [0.2, 0.25) is 0 Å². The number of rotatable bonds is 5. The van der Waals surface area contributed by atoms with Gasteiger partial charge < -0.3 is 4.74 Å². The van der Waals surface area contributed by atoms with Crippen molar-refractivity contribution >= 4 is 0 Å². The monoisotopic (exact) mass is 218 g/mol. The molecule has 1 atom stereocenters. The van der Waals surface area contributed by atoms with E-state index in [1.807, 2.05) is 45.0 Å². The first-order valence-corrected chi connectivity index (χ1v) is 5.45. The topological polar surface area (TPSA) is 45.0 Å². The van der Waals surface area contributed by atoms with Crippen LogP contribution in [0.4, 0.5) is 0 Å². The molecule has 16 heavy (non-hydrogen) atoms. The molecule has 0 spiro atoms. The molecule has 0 aromatic heterocycles. The Morgan fingerprint density at radius 1 is 1.50 bits per heavy atom. The normalized spacial score (nSPS) is 13.9. The first-order chi connectivity index (χ1) is 7.59. The SMILES string of the molecule is CCNC(C)(C#N)COc1cccc(C)c1. The Bertz CT molecular complexity index is 384. The van der Waals surface area contributed by atoms with Gasteiger partial charge in [0.15, 0.2) is 0 Å². The summed E-state index contributed by atoms with van der Waals surface area (Å²) in [6.07, 6.45) is 0. The smallest absolute Gasteiger partial charge is 0.138 e. The molecular formula is C13H18N2O. The van der Waals surface area contributed by atoms with Crippen LogP contribution in [-0.2, 0) is 0 Å². The van der Waals surface area contributed by atoms with Crippen LogP contribution in [0.15, 0.2) is 24.3 Å². The zero-order valence-corrected chi connectivity index (χ0v) is 10.1. The summed E-state index contributed by atoms with van der Waals surface area (Å²) in [7, 11) is 0. The van der Waals surface area contributed by atoms with E-state index in [1.165, 1.54) is 0 Å². The van der Waals surface area contributed by atoms with Crippen LogP contribution in [0.25, 0.3) is 0 Å². The average molecular weight is 218 g/mol. The molecule has 1 N–H and O–H groups in total. The molecule has 3 heteroatoms. The lowest BCUT2D eigenvalue weighted by Gasteiger charge is -2.22. The van der Waals surface area contributed by atoms with Crippen molar-refractivity contribution in [2.75, 3.05) is 13.2 Å². The van der Waals surface area contributed by atoms with E-state index in [4.69, 9.17) is 10.00 Å². The molecular weight excluding hydrogens is 200 g/mol. The van der Waals surface area contributed by atoms with Crippen molar-refractivity contribution in [3.63, 3.8) is 0 Å². The van der Waals surface area contributed by atoms with E-state index < -0.39 is 5.54 Å². The maximum Gasteiger partial charge on any atom is 0.138 e. The third kappa shape index (κ3) is 3.56. The second kappa shape index (κ2) is 5.53. The number of hydrogen-bond acceptors (Lipinski definition) is 3. The van der Waals surface area contributed by atoms with Crippen molar-refractivity contribution < 1.29 is 4.74 Å². The molecule has 0 radical (unpaired) electrons. The molecule has 1 rings (SSSR count). The Morgan fingerprint density at radius 3 is 2.81 bits per heavy atom. The quantitative estimate of drug-likeness (QED) is 0.824. The Balaban J connectivity index is 2.60. The number of hydrogen-bond donors (Lipinski definition) is 1. The van der Waals surface area contributed by atoms with Crippen LogP contribution in [0, 0.1) is 18.3 Å². The first-order valence-electron chi connectivity index (χ1n) is 5.45. The highest BCUT2D eigenvalue weighted by atomic mass is 16.5. The van der Waals surface area contributed by atoms with E-state index in [0.29, 0.717) is 6.61 Å². The predicted octanol–water partition coefficient (Wildman–Crippen LogP) is 2.27. The minimum Gasteiger partial charge on any atom is -0.491 e. The lowest BCUT2D eigenvalue weighted by molar-refractivity contribution is 0.236. The fourth-order valence-corrected chi connectivity index (χ4v) is 1.45. The average Bonchev–Trinajstić information content (AvgIpc) is 2.27. The van der Waals surface area contributed by atoms with Crippen LogP contribution in [0.1, 0.15) is 19.4 Å². The summed E-state index contributed by atoms with van der Waals surface area (Å²) in [5, 5.41) is 12.2. The second-order valence-electron chi connectivity index (χ2n) is 4.08. The summed E-state index contributed by atoms with van der Waals surface area (Å²) in [4.78, 5) is 0. The van der Waals surface area contributed by atoms with Crippen molar-refractivity contribution in [3.8, 4) is 11.8 Å². The molecule has 1 aromatic rings. The van der Waals surface area contributed by atoms with E-state index in [9.17, 15) is 0 Å². The minimum atomic E-state index is -0.626. The number of likely N-dealkylation sites (N-methyl/N-ethyl adjacent to an activating group) is 1. The number of aryl methyl sites for hydroxylation is 1. The molecule has 0 saturated heterocycles. The van der Waals surface area contributed by atoms with Crippen LogP contribution in [-0.4, -0.2) is 18.7 Å². The summed E-state index contributed by atoms with van der Waals surface area (Å²) in [5.41, 5.74) is 0.526. The fraction of sp³-hybridized carbons (Fsp3) is 0.462. The summed E-state index contributed by atoms with van der Waals surface area (Å²) >= 11 is 0. The van der Waals surface area contributed by atoms with Crippen LogP contribution in [0.2, 0.25) is 0 Å². The van der Waals surface area contributed by atoms with Crippen LogP contribution < -0.4 is 10.1 Å². The number of nitriles is 1. The van der Waals surface area contributed by atoms with Gasteiger partial charge in [0, 0.05) is 0 Å². The van der Waals surface area contributed by atoms with Crippen molar-refractivity contribution in [1.82, 2.24) is 5.32 Å². The lowest BCUT2D eigenvalue weighted by Crippen LogP contribution is -2.46. The van der Waals surface area contributed by atoms with Crippen LogP contribution >= 0.6 is 0 Å². The van der Waals surface area contributed by atoms with Crippen molar-refractivity contribution in [2.45, 2.75) is 26.3 Å². The minimum absolute atomic E-state index is 0.348. The molecule has 0 aliphatic heterocycles. The van der Waals surface area contributed by atoms with Crippen molar-refractivity contribution in [2.24, 2.45) is 0 Å². The Hall–Kier alpha value is -1.53. The molecule has 1 aromatic carbocycles. The Kier molecular flexibility index (Phi) is 4.33. The third-order valence-electron chi connectivity index (χ3n) is 2.33. The number of benzene rings is 1. The zero-order chi connectivity index (χ0) is 12.0. The van der Waals surface area contributed by atoms with Gasteiger partial charge in [-0.05, 0) is 38.1 Å². The molecule has 1 unspecified atom stereocenters. The molecule has 0 saturated carbocycles. The van der Waals surface area contributed by atoms with Gasteiger partial charge in [0.05, 0.1) is 6.07 Å². The van der Waals surface area contributed by atoms with E-state index in [-0.39, 0.29) is 0 Å². The molecule has 0 amide bonds. The zero-order valence-electron chi connectivity index (χ0n) is 10.1. The molecule has 0 aliphatic rings. The highest BCUT2D eigenvalue weighted by Gasteiger charge is 2.23. The van der Waals surface area contributed by atoms with Crippen molar-refractivity contribution in [3.05, 3.63) is 29.8 Å². The summed E-state index contributed by atoms with van der Waals surface area (Å²) in [6.45, 7) is 6.93. The first kappa shape index (κ1) is 12.5. The number of ether oxygens (including phenoxy) is 1. The molecule has 0 heterocycles. The molecule has 3 nitrogen and oxygen atoms in total. The van der Waals surface area contributed by atoms with Gasteiger partial charge in [-0.3, -0.25) is 5.32 Å². The van der Waals surface area contributed by atoms with Crippen molar-refractivity contribution in [1.29, 1.82) is 5.26 Å². The van der Waals surface area contributed by atoms with Gasteiger partial charge in [-0.25, -0.2) is 0 Å². The second-order valence-corrected chi connectivity index (χ2v) is 4.08. The van der Waals surface area contributed by atoms with Gasteiger partial charge in [0.25, 0.3) is 0 Å². The summed E-state index contributed by atoms with van der Waals surface area (Å²) in [5.74, 6) is 0.805. The fourth-order valence-electron chi connectivity index (χ4n) is 1.45. The van der Waals surface area contributed by atoms with Gasteiger partial charge in [-0.15, -0.1) is 0 Å². The van der Waals surface area contributed by atoms with E-state index in [2.05, 4.69) is 11.4 Å². The number of nitrogens with one attached hydrogen (secondary N) is 1. The highest BCUT2D eigenvalue weighted by molar-refractivity contribution is 5.27. The summed E-state index contributed by atoms with van der Waals surface area (Å²) < 4.78 is 5.61. The molecule has 86 valence electrons. The molecule has 0 fully saturated rings. The third-order valence-corrected chi connectivity index (χ3v) is 2.33. The standard InChI is InChI=1S/C13H18N2O/c1-4-15-13(3,9-14)10-16-12-7-5-6-11(2)8-12/h5-8,15H,4,10H2,1-3H3. The Morgan fingerprint density at radius 2 is 2.25 bits per heavy atom. The largest absolute Gasteiger partial charge is 0.491 e. The summed E-state index contributed by atoms with van der Waals surface area (Å²) in [6, 6.07) is 10.1. The molecule has 0 bridgehead atoms. The highest BCUT2D eigenvalue weighted by Crippen LogP contribution is 2.14. The number of nitrogens with zero attached hydrogens (tertiary/aromatic N) is 1. The van der Waals surface area contributed by atoms with Gasteiger partial charge in [-0.2, -0.15) is 5.26 Å². The van der Waals surface area contributed by atoms with Gasteiger partial charge in [-0.1, -0.05) is 19.1 Å². The van der Waals surface area contributed by atoms with E-state index in [1.54, 1.807) is 0 Å². The van der Waals surface area contributed by atoms with Crippen LogP contribution in [0.3, 0.4) is 0 Å². The van der Waals surface area contributed by atoms with Gasteiger partial charge in [0.1, 0.15) is 17.9 Å². The maximum absolute atomic E-state index is 9.06. The van der Waals surface area contributed by atoms with Crippen LogP contribution in [0.5, 0.6) is 5.75 Å².